The van der Waals surface area contributed by atoms with Crippen LogP contribution in [-0.2, 0) is 15.0 Å². The number of carboxylic acids is 1. The van der Waals surface area contributed by atoms with Crippen molar-refractivity contribution in [1.82, 2.24) is 5.32 Å². The Kier molecular flexibility index (Phi) is 4.06. The zero-order chi connectivity index (χ0) is 14.8. The zero-order valence-corrected chi connectivity index (χ0v) is 11.4. The Morgan fingerprint density at radius 3 is 2.40 bits per heavy atom. The van der Waals surface area contributed by atoms with E-state index in [1.165, 1.54) is 12.1 Å². The number of carbonyl (C=O) groups is 2. The SMILES string of the molecule is CCC[C@@H](NC(=O)C1(c2ccc(F)cc2)CC1)C(=O)O. The Morgan fingerprint density at radius 2 is 1.95 bits per heavy atom. The van der Waals surface area contributed by atoms with Gasteiger partial charge in [-0.25, -0.2) is 9.18 Å². The largest absolute Gasteiger partial charge is 0.480 e. The number of hydrogen-bond acceptors (Lipinski definition) is 2. The van der Waals surface area contributed by atoms with Crippen molar-refractivity contribution < 1.29 is 19.1 Å². The van der Waals surface area contributed by atoms with Gasteiger partial charge < -0.3 is 10.4 Å². The lowest BCUT2D eigenvalue weighted by molar-refractivity contribution is -0.142. The highest BCUT2D eigenvalue weighted by molar-refractivity contribution is 5.93. The van der Waals surface area contributed by atoms with Crippen molar-refractivity contribution in [2.24, 2.45) is 0 Å². The van der Waals surface area contributed by atoms with Crippen molar-refractivity contribution in [3.05, 3.63) is 35.6 Å². The molecule has 0 spiro atoms. The molecule has 1 aromatic carbocycles. The molecule has 4 nitrogen and oxygen atoms in total. The smallest absolute Gasteiger partial charge is 0.326 e. The molecule has 0 saturated heterocycles. The first kappa shape index (κ1) is 14.5. The van der Waals surface area contributed by atoms with E-state index in [-0.39, 0.29) is 11.7 Å². The fourth-order valence-corrected chi connectivity index (χ4v) is 2.38. The van der Waals surface area contributed by atoms with Crippen LogP contribution in [0.3, 0.4) is 0 Å². The number of benzene rings is 1. The van der Waals surface area contributed by atoms with Crippen LogP contribution in [0.2, 0.25) is 0 Å². The predicted octanol–water partition coefficient (Wildman–Crippen LogP) is 2.23. The third-order valence-corrected chi connectivity index (χ3v) is 3.76. The molecule has 1 amide bonds. The number of rotatable bonds is 6. The minimum atomic E-state index is -1.02. The maximum atomic E-state index is 12.9. The molecular formula is C15H18FNO3. The van der Waals surface area contributed by atoms with Gasteiger partial charge in [0.05, 0.1) is 5.41 Å². The Balaban J connectivity index is 2.12. The van der Waals surface area contributed by atoms with E-state index in [2.05, 4.69) is 5.32 Å². The van der Waals surface area contributed by atoms with Gasteiger partial charge in [-0.15, -0.1) is 0 Å². The molecule has 0 aromatic heterocycles. The molecular weight excluding hydrogens is 261 g/mol. The molecule has 1 aliphatic rings. The summed E-state index contributed by atoms with van der Waals surface area (Å²) in [5.74, 6) is -1.64. The summed E-state index contributed by atoms with van der Waals surface area (Å²) < 4.78 is 12.9. The maximum Gasteiger partial charge on any atom is 0.326 e. The van der Waals surface area contributed by atoms with E-state index in [1.807, 2.05) is 6.92 Å². The van der Waals surface area contributed by atoms with Gasteiger partial charge in [-0.2, -0.15) is 0 Å². The van der Waals surface area contributed by atoms with Gasteiger partial charge in [0.15, 0.2) is 0 Å². The second-order valence-electron chi connectivity index (χ2n) is 5.24. The van der Waals surface area contributed by atoms with Gasteiger partial charge in [0.1, 0.15) is 11.9 Å². The minimum absolute atomic E-state index is 0.273. The highest BCUT2D eigenvalue weighted by atomic mass is 19.1. The second kappa shape index (κ2) is 5.61. The van der Waals surface area contributed by atoms with Crippen molar-refractivity contribution in [3.8, 4) is 0 Å². The highest BCUT2D eigenvalue weighted by Gasteiger charge is 2.51. The standard InChI is InChI=1S/C15H18FNO3/c1-2-3-12(13(18)19)17-14(20)15(8-9-15)10-4-6-11(16)7-5-10/h4-7,12H,2-3,8-9H2,1H3,(H,17,20)(H,18,19)/t12-/m1/s1. The van der Waals surface area contributed by atoms with Gasteiger partial charge in [0.25, 0.3) is 0 Å². The fraction of sp³-hybridized carbons (Fsp3) is 0.467. The summed E-state index contributed by atoms with van der Waals surface area (Å²) in [6.45, 7) is 1.87. The van der Waals surface area contributed by atoms with Crippen molar-refractivity contribution in [2.45, 2.75) is 44.1 Å². The number of amides is 1. The molecule has 1 atom stereocenters. The molecule has 0 bridgehead atoms. The van der Waals surface area contributed by atoms with Gasteiger partial charge in [0.2, 0.25) is 5.91 Å². The average Bonchev–Trinajstić information content (AvgIpc) is 3.20. The predicted molar refractivity (Wildman–Crippen MR) is 71.8 cm³/mol. The summed E-state index contributed by atoms with van der Waals surface area (Å²) in [6, 6.07) is 4.98. The Bertz CT molecular complexity index is 508. The molecule has 0 radical (unpaired) electrons. The summed E-state index contributed by atoms with van der Waals surface area (Å²) in [6.07, 6.45) is 2.42. The number of nitrogens with one attached hydrogen (secondary N) is 1. The van der Waals surface area contributed by atoms with Gasteiger partial charge >= 0.3 is 5.97 Å². The summed E-state index contributed by atoms with van der Waals surface area (Å²) in [4.78, 5) is 23.4. The van der Waals surface area contributed by atoms with Crippen LogP contribution in [0, 0.1) is 5.82 Å². The average molecular weight is 279 g/mol. The zero-order valence-electron chi connectivity index (χ0n) is 11.4. The molecule has 108 valence electrons. The van der Waals surface area contributed by atoms with Crippen molar-refractivity contribution in [1.29, 1.82) is 0 Å². The lowest BCUT2D eigenvalue weighted by atomic mass is 9.94. The molecule has 1 aliphatic carbocycles. The molecule has 0 aliphatic heterocycles. The van der Waals surface area contributed by atoms with Crippen molar-refractivity contribution in [3.63, 3.8) is 0 Å². The lowest BCUT2D eigenvalue weighted by Crippen LogP contribution is -2.45. The molecule has 0 heterocycles. The first-order chi connectivity index (χ1) is 9.49. The number of hydrogen-bond donors (Lipinski definition) is 2. The van der Waals surface area contributed by atoms with Gasteiger partial charge in [-0.3, -0.25) is 4.79 Å². The van der Waals surface area contributed by atoms with E-state index in [0.29, 0.717) is 25.7 Å². The molecule has 2 N–H and O–H groups in total. The van der Waals surface area contributed by atoms with Gasteiger partial charge in [-0.05, 0) is 37.0 Å². The van der Waals surface area contributed by atoms with Crippen LogP contribution in [0.4, 0.5) is 4.39 Å². The van der Waals surface area contributed by atoms with E-state index in [0.717, 1.165) is 5.56 Å². The molecule has 2 rings (SSSR count). The number of carbonyl (C=O) groups excluding carboxylic acids is 1. The second-order valence-corrected chi connectivity index (χ2v) is 5.24. The molecule has 0 unspecified atom stereocenters. The topological polar surface area (TPSA) is 66.4 Å². The van der Waals surface area contributed by atoms with Crippen LogP contribution in [0.25, 0.3) is 0 Å². The molecule has 20 heavy (non-hydrogen) atoms. The molecule has 1 aromatic rings. The number of halogens is 1. The highest BCUT2D eigenvalue weighted by Crippen LogP contribution is 2.48. The van der Waals surface area contributed by atoms with Crippen LogP contribution >= 0.6 is 0 Å². The van der Waals surface area contributed by atoms with Crippen LogP contribution in [0.5, 0.6) is 0 Å². The summed E-state index contributed by atoms with van der Waals surface area (Å²) in [7, 11) is 0. The quantitative estimate of drug-likeness (QED) is 0.839. The van der Waals surface area contributed by atoms with Crippen LogP contribution in [-0.4, -0.2) is 23.0 Å². The number of aliphatic carboxylic acids is 1. The van der Waals surface area contributed by atoms with Crippen LogP contribution < -0.4 is 5.32 Å². The first-order valence-electron chi connectivity index (χ1n) is 6.79. The molecule has 1 fully saturated rings. The minimum Gasteiger partial charge on any atom is -0.480 e. The third kappa shape index (κ3) is 2.81. The van der Waals surface area contributed by atoms with Crippen LogP contribution in [0.15, 0.2) is 24.3 Å². The first-order valence-corrected chi connectivity index (χ1v) is 6.79. The van der Waals surface area contributed by atoms with Gasteiger partial charge in [0, 0.05) is 0 Å². The Morgan fingerprint density at radius 1 is 1.35 bits per heavy atom. The van der Waals surface area contributed by atoms with Crippen molar-refractivity contribution in [2.75, 3.05) is 0 Å². The maximum absolute atomic E-state index is 12.9. The lowest BCUT2D eigenvalue weighted by Gasteiger charge is -2.19. The van der Waals surface area contributed by atoms with E-state index >= 15 is 0 Å². The molecule has 5 heteroatoms. The van der Waals surface area contributed by atoms with Gasteiger partial charge in [-0.1, -0.05) is 25.5 Å². The van der Waals surface area contributed by atoms with E-state index in [9.17, 15) is 14.0 Å². The normalized spacial score (nSPS) is 17.3. The summed E-state index contributed by atoms with van der Waals surface area (Å²) >= 11 is 0. The van der Waals surface area contributed by atoms with Crippen LogP contribution in [0.1, 0.15) is 38.2 Å². The van der Waals surface area contributed by atoms with E-state index in [4.69, 9.17) is 5.11 Å². The van der Waals surface area contributed by atoms with Crippen molar-refractivity contribution >= 4 is 11.9 Å². The number of carboxylic acid groups (broad SMARTS) is 1. The molecule has 1 saturated carbocycles. The summed E-state index contributed by atoms with van der Waals surface area (Å²) in [5, 5.41) is 11.7. The Labute approximate surface area is 117 Å². The Hall–Kier alpha value is -1.91. The third-order valence-electron chi connectivity index (χ3n) is 3.76. The van der Waals surface area contributed by atoms with E-state index in [1.54, 1.807) is 12.1 Å². The summed E-state index contributed by atoms with van der Waals surface area (Å²) in [5.41, 5.74) is 0.0758. The fourth-order valence-electron chi connectivity index (χ4n) is 2.38. The van der Waals surface area contributed by atoms with E-state index < -0.39 is 17.4 Å². The monoisotopic (exact) mass is 279 g/mol.